The van der Waals surface area contributed by atoms with E-state index in [1.54, 1.807) is 20.4 Å². The number of benzene rings is 1. The van der Waals surface area contributed by atoms with Gasteiger partial charge in [-0.2, -0.15) is 5.10 Å². The minimum absolute atomic E-state index is 0.0172. The molecule has 8 heteroatoms. The number of nitrogens with zero attached hydrogens (tertiary/aromatic N) is 3. The predicted octanol–water partition coefficient (Wildman–Crippen LogP) is 3.56. The number of nitrogens with one attached hydrogen (secondary N) is 2. The second-order valence-electron chi connectivity index (χ2n) is 6.92. The van der Waals surface area contributed by atoms with Crippen LogP contribution in [0.25, 0.3) is 22.4 Å². The molecule has 146 valence electrons. The van der Waals surface area contributed by atoms with Gasteiger partial charge in [-0.25, -0.2) is 9.97 Å². The quantitative estimate of drug-likeness (QED) is 0.701. The molecule has 0 unspecified atom stereocenters. The van der Waals surface area contributed by atoms with Gasteiger partial charge in [0.05, 0.1) is 26.1 Å². The predicted molar refractivity (Wildman–Crippen MR) is 105 cm³/mol. The zero-order valence-electron chi connectivity index (χ0n) is 16.0. The van der Waals surface area contributed by atoms with E-state index in [2.05, 4.69) is 25.5 Å². The van der Waals surface area contributed by atoms with Crippen LogP contribution >= 0.6 is 0 Å². The van der Waals surface area contributed by atoms with Gasteiger partial charge in [-0.3, -0.25) is 9.89 Å². The van der Waals surface area contributed by atoms with Gasteiger partial charge in [0.15, 0.2) is 22.8 Å². The number of fused-ring (bicyclic) bond motifs is 1. The summed E-state index contributed by atoms with van der Waals surface area (Å²) in [5, 5.41) is 9.96. The standard InChI is InChI=1S/C20H23N5O3/c1-27-15-9-8-13(10-16(15)28-2)14-11-21-18-17(22-14)19(25-24-18)23-20(26)12-6-4-3-5-7-12/h8-12H,3-7H2,1-2H3,(H2,21,23,24,25,26). The third-order valence-corrected chi connectivity index (χ3v) is 5.17. The number of carbonyl (C=O) groups is 1. The van der Waals surface area contributed by atoms with Gasteiger partial charge in [0.1, 0.15) is 0 Å². The summed E-state index contributed by atoms with van der Waals surface area (Å²) in [7, 11) is 3.18. The van der Waals surface area contributed by atoms with E-state index in [1.807, 2.05) is 18.2 Å². The van der Waals surface area contributed by atoms with E-state index in [4.69, 9.17) is 9.47 Å². The Labute approximate surface area is 162 Å². The van der Waals surface area contributed by atoms with Gasteiger partial charge in [-0.1, -0.05) is 19.3 Å². The lowest BCUT2D eigenvalue weighted by molar-refractivity contribution is -0.120. The largest absolute Gasteiger partial charge is 0.493 e. The third-order valence-electron chi connectivity index (χ3n) is 5.17. The van der Waals surface area contributed by atoms with E-state index in [1.165, 1.54) is 6.42 Å². The molecule has 3 aromatic rings. The van der Waals surface area contributed by atoms with Crippen LogP contribution in [-0.2, 0) is 4.79 Å². The third kappa shape index (κ3) is 3.49. The van der Waals surface area contributed by atoms with E-state index in [0.29, 0.717) is 34.2 Å². The number of methoxy groups -OCH3 is 2. The first-order valence-corrected chi connectivity index (χ1v) is 9.44. The number of hydrogen-bond acceptors (Lipinski definition) is 6. The highest BCUT2D eigenvalue weighted by molar-refractivity contribution is 5.98. The highest BCUT2D eigenvalue weighted by Crippen LogP contribution is 2.32. The number of aromatic nitrogens is 4. The van der Waals surface area contributed by atoms with Gasteiger partial charge in [-0.15, -0.1) is 0 Å². The van der Waals surface area contributed by atoms with Crippen molar-refractivity contribution in [2.75, 3.05) is 19.5 Å². The van der Waals surface area contributed by atoms with E-state index in [9.17, 15) is 4.79 Å². The maximum absolute atomic E-state index is 12.6. The number of ether oxygens (including phenoxy) is 2. The van der Waals surface area contributed by atoms with E-state index in [-0.39, 0.29) is 11.8 Å². The van der Waals surface area contributed by atoms with Gasteiger partial charge in [0, 0.05) is 11.5 Å². The zero-order chi connectivity index (χ0) is 19.5. The lowest BCUT2D eigenvalue weighted by Crippen LogP contribution is -2.25. The molecule has 0 radical (unpaired) electrons. The number of aromatic amines is 1. The average molecular weight is 381 g/mol. The van der Waals surface area contributed by atoms with Crippen molar-refractivity contribution in [1.29, 1.82) is 0 Å². The monoisotopic (exact) mass is 381 g/mol. The van der Waals surface area contributed by atoms with Crippen molar-refractivity contribution in [1.82, 2.24) is 20.2 Å². The first kappa shape index (κ1) is 18.2. The topological polar surface area (TPSA) is 102 Å². The van der Waals surface area contributed by atoms with Crippen molar-refractivity contribution in [2.45, 2.75) is 32.1 Å². The van der Waals surface area contributed by atoms with Crippen molar-refractivity contribution in [2.24, 2.45) is 5.92 Å². The fourth-order valence-corrected chi connectivity index (χ4v) is 3.61. The Kier molecular flexibility index (Phi) is 5.10. The Balaban J connectivity index is 1.63. The van der Waals surface area contributed by atoms with Crippen LogP contribution in [0.5, 0.6) is 11.5 Å². The Morgan fingerprint density at radius 1 is 1.14 bits per heavy atom. The molecule has 2 N–H and O–H groups in total. The van der Waals surface area contributed by atoms with Crippen molar-refractivity contribution in [3.8, 4) is 22.8 Å². The summed E-state index contributed by atoms with van der Waals surface area (Å²) in [6.45, 7) is 0. The van der Waals surface area contributed by atoms with Crippen LogP contribution in [0, 0.1) is 5.92 Å². The normalized spacial score (nSPS) is 14.8. The summed E-state index contributed by atoms with van der Waals surface area (Å²) in [6, 6.07) is 5.55. The smallest absolute Gasteiger partial charge is 0.228 e. The zero-order valence-corrected chi connectivity index (χ0v) is 16.0. The van der Waals surface area contributed by atoms with Gasteiger partial charge < -0.3 is 14.8 Å². The van der Waals surface area contributed by atoms with Crippen molar-refractivity contribution < 1.29 is 14.3 Å². The molecule has 1 amide bonds. The molecule has 0 atom stereocenters. The highest BCUT2D eigenvalue weighted by atomic mass is 16.5. The number of hydrogen-bond donors (Lipinski definition) is 2. The molecular formula is C20H23N5O3. The fourth-order valence-electron chi connectivity index (χ4n) is 3.61. The molecule has 8 nitrogen and oxygen atoms in total. The van der Waals surface area contributed by atoms with Crippen molar-refractivity contribution in [3.63, 3.8) is 0 Å². The van der Waals surface area contributed by atoms with Crippen LogP contribution < -0.4 is 14.8 Å². The lowest BCUT2D eigenvalue weighted by atomic mass is 9.89. The fraction of sp³-hybridized carbons (Fsp3) is 0.400. The summed E-state index contributed by atoms with van der Waals surface area (Å²) in [4.78, 5) is 21.6. The number of anilines is 1. The molecule has 0 saturated heterocycles. The van der Waals surface area contributed by atoms with Gasteiger partial charge in [0.25, 0.3) is 0 Å². The number of carbonyl (C=O) groups excluding carboxylic acids is 1. The lowest BCUT2D eigenvalue weighted by Gasteiger charge is -2.20. The van der Waals surface area contributed by atoms with Crippen LogP contribution in [0.1, 0.15) is 32.1 Å². The molecule has 1 fully saturated rings. The average Bonchev–Trinajstić information content (AvgIpc) is 3.15. The second-order valence-corrected chi connectivity index (χ2v) is 6.92. The molecule has 1 aliphatic rings. The minimum Gasteiger partial charge on any atom is -0.493 e. The van der Waals surface area contributed by atoms with E-state index in [0.717, 1.165) is 31.2 Å². The number of H-pyrrole nitrogens is 1. The first-order valence-electron chi connectivity index (χ1n) is 9.44. The van der Waals surface area contributed by atoms with Crippen LogP contribution in [0.4, 0.5) is 5.82 Å². The highest BCUT2D eigenvalue weighted by Gasteiger charge is 2.23. The molecule has 0 spiro atoms. The molecular weight excluding hydrogens is 358 g/mol. The van der Waals surface area contributed by atoms with Crippen LogP contribution in [0.15, 0.2) is 24.4 Å². The molecule has 4 rings (SSSR count). The van der Waals surface area contributed by atoms with Crippen LogP contribution in [0.2, 0.25) is 0 Å². The van der Waals surface area contributed by atoms with E-state index >= 15 is 0 Å². The maximum Gasteiger partial charge on any atom is 0.228 e. The Bertz CT molecular complexity index is 995. The van der Waals surface area contributed by atoms with Crippen LogP contribution in [-0.4, -0.2) is 40.3 Å². The molecule has 0 bridgehead atoms. The van der Waals surface area contributed by atoms with Crippen molar-refractivity contribution in [3.05, 3.63) is 24.4 Å². The summed E-state index contributed by atoms with van der Waals surface area (Å²) in [5.41, 5.74) is 2.49. The molecule has 1 saturated carbocycles. The Hall–Kier alpha value is -3.16. The summed E-state index contributed by atoms with van der Waals surface area (Å²) in [5.74, 6) is 1.81. The van der Waals surface area contributed by atoms with Crippen molar-refractivity contribution >= 4 is 22.9 Å². The molecule has 1 aliphatic carbocycles. The molecule has 2 heterocycles. The molecule has 1 aromatic carbocycles. The Morgan fingerprint density at radius 2 is 1.93 bits per heavy atom. The maximum atomic E-state index is 12.6. The molecule has 28 heavy (non-hydrogen) atoms. The SMILES string of the molecule is COc1ccc(-c2cnc3n[nH]c(NC(=O)C4CCCCC4)c3n2)cc1OC. The summed E-state index contributed by atoms with van der Waals surface area (Å²) >= 11 is 0. The number of amides is 1. The summed E-state index contributed by atoms with van der Waals surface area (Å²) in [6.07, 6.45) is 6.92. The minimum atomic E-state index is 0.0172. The number of rotatable bonds is 5. The second kappa shape index (κ2) is 7.84. The van der Waals surface area contributed by atoms with Gasteiger partial charge >= 0.3 is 0 Å². The first-order chi connectivity index (χ1) is 13.7. The Morgan fingerprint density at radius 3 is 2.68 bits per heavy atom. The van der Waals surface area contributed by atoms with Gasteiger partial charge in [0.2, 0.25) is 11.6 Å². The van der Waals surface area contributed by atoms with Gasteiger partial charge in [-0.05, 0) is 31.0 Å². The van der Waals surface area contributed by atoms with E-state index < -0.39 is 0 Å². The summed E-state index contributed by atoms with van der Waals surface area (Å²) < 4.78 is 10.6. The molecule has 0 aliphatic heterocycles. The molecule has 2 aromatic heterocycles. The van der Waals surface area contributed by atoms with Crippen LogP contribution in [0.3, 0.4) is 0 Å².